The highest BCUT2D eigenvalue weighted by Gasteiger charge is 2.10. The van der Waals surface area contributed by atoms with E-state index >= 15 is 0 Å². The molecular formula is C18H34O2. The molecule has 0 spiro atoms. The molecule has 0 bridgehead atoms. The molecule has 2 nitrogen and oxygen atoms in total. The molecule has 0 amide bonds. The molecule has 1 N–H and O–H groups in total. The van der Waals surface area contributed by atoms with Crippen LogP contribution in [0.1, 0.15) is 79.6 Å². The van der Waals surface area contributed by atoms with Crippen LogP contribution in [0.25, 0.3) is 0 Å². The van der Waals surface area contributed by atoms with Crippen LogP contribution in [-0.4, -0.2) is 17.0 Å². The zero-order valence-corrected chi connectivity index (χ0v) is 14.1. The molecule has 0 aliphatic rings. The third kappa shape index (κ3) is 12.4. The minimum Gasteiger partial charge on any atom is -0.393 e. The Morgan fingerprint density at radius 1 is 1.10 bits per heavy atom. The molecule has 0 unspecified atom stereocenters. The molecule has 0 aromatic heterocycles. The zero-order chi connectivity index (χ0) is 15.5. The number of hydrogen-bond donors (Lipinski definition) is 1. The van der Waals surface area contributed by atoms with Gasteiger partial charge in [0.15, 0.2) is 0 Å². The second-order valence-electron chi connectivity index (χ2n) is 6.82. The lowest BCUT2D eigenvalue weighted by atomic mass is 9.93. The molecule has 0 saturated carbocycles. The van der Waals surface area contributed by atoms with Gasteiger partial charge < -0.3 is 5.11 Å². The lowest BCUT2D eigenvalue weighted by Crippen LogP contribution is -2.08. The fraction of sp³-hybridized carbons (Fsp3) is 0.833. The number of aliphatic hydroxyl groups is 1. The summed E-state index contributed by atoms with van der Waals surface area (Å²) in [4.78, 5) is 11.7. The van der Waals surface area contributed by atoms with Gasteiger partial charge in [-0.1, -0.05) is 32.4 Å². The number of aliphatic hydroxyl groups excluding tert-OH is 1. The van der Waals surface area contributed by atoms with Crippen LogP contribution in [-0.2, 0) is 4.79 Å². The van der Waals surface area contributed by atoms with Gasteiger partial charge in [0.1, 0.15) is 5.78 Å². The van der Waals surface area contributed by atoms with Gasteiger partial charge >= 0.3 is 0 Å². The van der Waals surface area contributed by atoms with Crippen molar-refractivity contribution in [3.63, 3.8) is 0 Å². The van der Waals surface area contributed by atoms with E-state index in [1.165, 1.54) is 5.57 Å². The monoisotopic (exact) mass is 282 g/mol. The molecule has 20 heavy (non-hydrogen) atoms. The Labute approximate surface area is 125 Å². The summed E-state index contributed by atoms with van der Waals surface area (Å²) in [5.74, 6) is 1.40. The van der Waals surface area contributed by atoms with Crippen LogP contribution in [0.3, 0.4) is 0 Å². The first kappa shape index (κ1) is 19.4. The standard InChI is InChI=1S/C18H34O2/c1-14(2)12-18(20)13-16(4)10-6-8-15(3)9-7-11-17(5)19/h9,14,16-17,19H,6-8,10-13H2,1-5H3/b15-9+/t16-,17+/m1/s1. The number of hydrogen-bond acceptors (Lipinski definition) is 2. The first-order valence-electron chi connectivity index (χ1n) is 8.16. The average molecular weight is 282 g/mol. The summed E-state index contributed by atoms with van der Waals surface area (Å²) in [6.07, 6.45) is 8.71. The van der Waals surface area contributed by atoms with E-state index in [2.05, 4.69) is 33.8 Å². The Morgan fingerprint density at radius 2 is 1.75 bits per heavy atom. The van der Waals surface area contributed by atoms with E-state index in [4.69, 9.17) is 0 Å². The SMILES string of the molecule is C/C(=C\CC[C@H](C)O)CCC[C@@H](C)CC(=O)CC(C)C. The maximum absolute atomic E-state index is 11.7. The third-order valence-corrected chi connectivity index (χ3v) is 3.56. The van der Waals surface area contributed by atoms with Crippen molar-refractivity contribution >= 4 is 5.78 Å². The molecule has 0 aromatic rings. The summed E-state index contributed by atoms with van der Waals surface area (Å²) in [5, 5.41) is 9.20. The van der Waals surface area contributed by atoms with Crippen molar-refractivity contribution in [2.24, 2.45) is 11.8 Å². The molecule has 0 aromatic carbocycles. The topological polar surface area (TPSA) is 37.3 Å². The van der Waals surface area contributed by atoms with Gasteiger partial charge in [-0.3, -0.25) is 4.79 Å². The van der Waals surface area contributed by atoms with E-state index in [9.17, 15) is 9.90 Å². The van der Waals surface area contributed by atoms with E-state index < -0.39 is 0 Å². The van der Waals surface area contributed by atoms with Gasteiger partial charge in [-0.05, 0) is 57.8 Å². The summed E-state index contributed by atoms with van der Waals surface area (Å²) >= 11 is 0. The van der Waals surface area contributed by atoms with Gasteiger partial charge in [-0.2, -0.15) is 0 Å². The van der Waals surface area contributed by atoms with Crippen molar-refractivity contribution < 1.29 is 9.90 Å². The Bertz CT molecular complexity index is 290. The van der Waals surface area contributed by atoms with Gasteiger partial charge in [0.25, 0.3) is 0 Å². The van der Waals surface area contributed by atoms with Crippen molar-refractivity contribution in [3.8, 4) is 0 Å². The maximum atomic E-state index is 11.7. The quantitative estimate of drug-likeness (QED) is 0.547. The molecule has 0 fully saturated rings. The Morgan fingerprint density at radius 3 is 2.30 bits per heavy atom. The molecular weight excluding hydrogens is 248 g/mol. The van der Waals surface area contributed by atoms with Gasteiger partial charge in [-0.15, -0.1) is 0 Å². The number of carbonyl (C=O) groups is 1. The average Bonchev–Trinajstić information content (AvgIpc) is 2.26. The smallest absolute Gasteiger partial charge is 0.133 e. The fourth-order valence-corrected chi connectivity index (χ4v) is 2.43. The predicted octanol–water partition coefficient (Wildman–Crippen LogP) is 4.91. The molecule has 0 radical (unpaired) electrons. The fourth-order valence-electron chi connectivity index (χ4n) is 2.43. The van der Waals surface area contributed by atoms with Crippen LogP contribution in [0.2, 0.25) is 0 Å². The number of rotatable bonds is 11. The summed E-state index contributed by atoms with van der Waals surface area (Å²) in [5.41, 5.74) is 1.41. The van der Waals surface area contributed by atoms with Crippen LogP contribution in [0.4, 0.5) is 0 Å². The maximum Gasteiger partial charge on any atom is 0.133 e. The number of ketones is 1. The summed E-state index contributed by atoms with van der Waals surface area (Å²) in [6.45, 7) is 10.4. The molecule has 0 saturated heterocycles. The first-order chi connectivity index (χ1) is 9.31. The zero-order valence-electron chi connectivity index (χ0n) is 14.1. The summed E-state index contributed by atoms with van der Waals surface area (Å²) < 4.78 is 0. The lowest BCUT2D eigenvalue weighted by Gasteiger charge is -2.11. The van der Waals surface area contributed by atoms with Crippen molar-refractivity contribution in [1.82, 2.24) is 0 Å². The van der Waals surface area contributed by atoms with E-state index in [1.54, 1.807) is 0 Å². The van der Waals surface area contributed by atoms with Crippen molar-refractivity contribution in [2.45, 2.75) is 85.7 Å². The number of carbonyl (C=O) groups excluding carboxylic acids is 1. The van der Waals surface area contributed by atoms with E-state index in [-0.39, 0.29) is 6.10 Å². The minimum atomic E-state index is -0.203. The van der Waals surface area contributed by atoms with E-state index in [0.717, 1.165) is 44.9 Å². The molecule has 2 heteroatoms. The third-order valence-electron chi connectivity index (χ3n) is 3.56. The molecule has 2 atom stereocenters. The highest BCUT2D eigenvalue weighted by molar-refractivity contribution is 5.78. The van der Waals surface area contributed by atoms with Crippen LogP contribution in [0, 0.1) is 11.8 Å². The largest absolute Gasteiger partial charge is 0.393 e. The van der Waals surface area contributed by atoms with Crippen molar-refractivity contribution in [2.75, 3.05) is 0 Å². The second-order valence-corrected chi connectivity index (χ2v) is 6.82. The van der Waals surface area contributed by atoms with Crippen LogP contribution >= 0.6 is 0 Å². The van der Waals surface area contributed by atoms with Crippen LogP contribution < -0.4 is 0 Å². The Kier molecular flexibility index (Phi) is 10.7. The van der Waals surface area contributed by atoms with E-state index in [0.29, 0.717) is 17.6 Å². The summed E-state index contributed by atoms with van der Waals surface area (Å²) in [7, 11) is 0. The van der Waals surface area contributed by atoms with Crippen LogP contribution in [0.5, 0.6) is 0 Å². The number of Topliss-reactive ketones (excluding diaryl/α,β-unsaturated/α-hetero) is 1. The van der Waals surface area contributed by atoms with Crippen LogP contribution in [0.15, 0.2) is 11.6 Å². The van der Waals surface area contributed by atoms with Crippen molar-refractivity contribution in [1.29, 1.82) is 0 Å². The van der Waals surface area contributed by atoms with Gasteiger partial charge in [0, 0.05) is 12.8 Å². The molecule has 0 aliphatic carbocycles. The first-order valence-corrected chi connectivity index (χ1v) is 8.16. The normalized spacial score (nSPS) is 15.4. The molecule has 118 valence electrons. The Hall–Kier alpha value is -0.630. The highest BCUT2D eigenvalue weighted by atomic mass is 16.3. The Balaban J connectivity index is 3.74. The highest BCUT2D eigenvalue weighted by Crippen LogP contribution is 2.17. The minimum absolute atomic E-state index is 0.203. The van der Waals surface area contributed by atoms with Gasteiger partial charge in [0.05, 0.1) is 6.10 Å². The van der Waals surface area contributed by atoms with Gasteiger partial charge in [0.2, 0.25) is 0 Å². The second kappa shape index (κ2) is 11.1. The van der Waals surface area contributed by atoms with Gasteiger partial charge in [-0.25, -0.2) is 0 Å². The van der Waals surface area contributed by atoms with E-state index in [1.807, 2.05) is 6.92 Å². The molecule has 0 rings (SSSR count). The number of allylic oxidation sites excluding steroid dienone is 2. The lowest BCUT2D eigenvalue weighted by molar-refractivity contribution is -0.120. The molecule has 0 heterocycles. The predicted molar refractivity (Wildman–Crippen MR) is 86.8 cm³/mol. The summed E-state index contributed by atoms with van der Waals surface area (Å²) in [6, 6.07) is 0. The molecule has 0 aliphatic heterocycles. The van der Waals surface area contributed by atoms with Crippen molar-refractivity contribution in [3.05, 3.63) is 11.6 Å².